The fraction of sp³-hybridized carbons (Fsp3) is 0.167. The zero-order valence-electron chi connectivity index (χ0n) is 7.68. The maximum Gasteiger partial charge on any atom is 0.745 e. The highest BCUT2D eigenvalue weighted by atomic mass is 32.2. The Kier molecular flexibility index (Phi) is 8.61. The second kappa shape index (κ2) is 8.85. The number of pyridine rings is 1. The molecule has 1 heterocycles. The maximum atomic E-state index is 9.39. The van der Waals surface area contributed by atoms with Crippen LogP contribution in [-0.4, -0.2) is 21.0 Å². The first kappa shape index (κ1) is 14.6. The number of thioether (sulfide) groups is 1. The molecule has 0 aromatic carbocycles. The molecule has 0 saturated heterocycles. The number of nitrogens with zero attached hydrogens (tertiary/aromatic N) is 1. The third-order valence-electron chi connectivity index (χ3n) is 1.03. The van der Waals surface area contributed by atoms with Crippen molar-refractivity contribution in [2.45, 2.75) is 4.90 Å². The lowest BCUT2D eigenvalue weighted by molar-refractivity contribution is 0.371. The molecule has 2 atom stereocenters. The summed E-state index contributed by atoms with van der Waals surface area (Å²) in [6.45, 7) is 0. The van der Waals surface area contributed by atoms with E-state index in [-0.39, 0.29) is 0 Å². The van der Waals surface area contributed by atoms with Gasteiger partial charge in [-0.1, -0.05) is 0 Å². The van der Waals surface area contributed by atoms with Crippen molar-refractivity contribution in [1.82, 2.24) is 4.98 Å². The van der Waals surface area contributed by atoms with E-state index in [1.165, 1.54) is 4.90 Å². The average Bonchev–Trinajstić information content (AvgIpc) is 2.18. The molecule has 2 N–H and O–H groups in total. The van der Waals surface area contributed by atoms with Gasteiger partial charge >= 0.3 is 16.5 Å². The van der Waals surface area contributed by atoms with Gasteiger partial charge in [0.05, 0.1) is 0 Å². The molecule has 0 aliphatic rings. The molecule has 0 amide bonds. The molecule has 2 unspecified atom stereocenters. The number of hydrogen-bond acceptors (Lipinski definition) is 5. The van der Waals surface area contributed by atoms with Gasteiger partial charge in [-0.3, -0.25) is 4.98 Å². The van der Waals surface area contributed by atoms with E-state index < -0.39 is 16.5 Å². The Morgan fingerprint density at radius 2 is 1.73 bits per heavy atom. The molecule has 82 valence electrons. The van der Waals surface area contributed by atoms with Crippen LogP contribution in [0.2, 0.25) is 0 Å². The Morgan fingerprint density at radius 3 is 1.93 bits per heavy atom. The van der Waals surface area contributed by atoms with Gasteiger partial charge in [0.25, 0.3) is 0 Å². The maximum absolute atomic E-state index is 9.39. The second-order valence-electron chi connectivity index (χ2n) is 1.94. The third-order valence-corrected chi connectivity index (χ3v) is 2.89. The van der Waals surface area contributed by atoms with Crippen LogP contribution < -0.4 is 0 Å². The van der Waals surface area contributed by atoms with E-state index in [0.717, 1.165) is 0 Å². The van der Waals surface area contributed by atoms with Gasteiger partial charge in [-0.15, -0.1) is 21.5 Å². The molecule has 6 nitrogen and oxygen atoms in total. The van der Waals surface area contributed by atoms with Crippen molar-refractivity contribution in [2.24, 2.45) is 0 Å². The number of hydrogen-bond donors (Lipinski definition) is 2. The third kappa shape index (κ3) is 9.87. The molecule has 0 saturated carbocycles. The quantitative estimate of drug-likeness (QED) is 0.640. The SMILES string of the molecule is CSc1ccncc1.O=[P+](O)O[P+](=O)O. The van der Waals surface area contributed by atoms with Crippen LogP contribution in [-0.2, 0) is 13.4 Å². The van der Waals surface area contributed by atoms with Gasteiger partial charge in [0, 0.05) is 26.4 Å². The minimum absolute atomic E-state index is 1.26. The van der Waals surface area contributed by atoms with E-state index in [9.17, 15) is 9.13 Å². The van der Waals surface area contributed by atoms with Crippen molar-refractivity contribution >= 4 is 28.3 Å². The Hall–Kier alpha value is -0.420. The molecule has 9 heteroatoms. The van der Waals surface area contributed by atoms with Crippen molar-refractivity contribution in [3.63, 3.8) is 0 Å². The molecule has 15 heavy (non-hydrogen) atoms. The smallest absolute Gasteiger partial charge is 0.265 e. The van der Waals surface area contributed by atoms with Crippen molar-refractivity contribution < 1.29 is 23.2 Å². The summed E-state index contributed by atoms with van der Waals surface area (Å²) < 4.78 is 22.2. The minimum atomic E-state index is -2.92. The zero-order valence-corrected chi connectivity index (χ0v) is 10.3. The van der Waals surface area contributed by atoms with Crippen LogP contribution in [0.4, 0.5) is 0 Å². The van der Waals surface area contributed by atoms with E-state index in [2.05, 4.69) is 15.6 Å². The van der Waals surface area contributed by atoms with Crippen LogP contribution in [0.5, 0.6) is 0 Å². The molecule has 0 aliphatic heterocycles. The van der Waals surface area contributed by atoms with Gasteiger partial charge < -0.3 is 0 Å². The molecular weight excluding hydrogens is 260 g/mol. The second-order valence-corrected chi connectivity index (χ2v) is 4.43. The summed E-state index contributed by atoms with van der Waals surface area (Å²) in [6, 6.07) is 3.98. The van der Waals surface area contributed by atoms with Crippen molar-refractivity contribution in [3.8, 4) is 0 Å². The van der Waals surface area contributed by atoms with Crippen LogP contribution in [0.15, 0.2) is 29.4 Å². The predicted octanol–water partition coefficient (Wildman–Crippen LogP) is 2.11. The highest BCUT2D eigenvalue weighted by Gasteiger charge is 2.31. The highest BCUT2D eigenvalue weighted by Crippen LogP contribution is 2.30. The van der Waals surface area contributed by atoms with Crippen LogP contribution >= 0.6 is 28.3 Å². The van der Waals surface area contributed by atoms with Crippen LogP contribution in [0.3, 0.4) is 0 Å². The monoisotopic (exact) mass is 269 g/mol. The summed E-state index contributed by atoms with van der Waals surface area (Å²) in [5.74, 6) is 0. The van der Waals surface area contributed by atoms with Crippen LogP contribution in [0, 0.1) is 0 Å². The number of aromatic nitrogens is 1. The first-order chi connectivity index (χ1) is 7.06. The molecular formula is C6H9NO5P2S+2. The standard InChI is InChI=1S/C6H7NS.O5P2/c1-8-6-2-4-7-5-3-6;1-6(2)5-7(3)4/h2-5H,1H3;/p+2. The summed E-state index contributed by atoms with van der Waals surface area (Å²) in [5, 5.41) is 0. The summed E-state index contributed by atoms with van der Waals surface area (Å²) in [7, 11) is -5.85. The molecule has 0 bridgehead atoms. The number of rotatable bonds is 3. The minimum Gasteiger partial charge on any atom is -0.265 e. The van der Waals surface area contributed by atoms with E-state index in [0.29, 0.717) is 0 Å². The summed E-state index contributed by atoms with van der Waals surface area (Å²) in [4.78, 5) is 20.5. The van der Waals surface area contributed by atoms with Gasteiger partial charge in [-0.2, -0.15) is 0 Å². The van der Waals surface area contributed by atoms with E-state index in [4.69, 9.17) is 9.79 Å². The molecule has 0 spiro atoms. The average molecular weight is 269 g/mol. The van der Waals surface area contributed by atoms with E-state index in [1.54, 1.807) is 24.2 Å². The van der Waals surface area contributed by atoms with Crippen LogP contribution in [0.1, 0.15) is 0 Å². The lowest BCUT2D eigenvalue weighted by Crippen LogP contribution is -1.68. The molecule has 0 aliphatic carbocycles. The fourth-order valence-corrected chi connectivity index (χ4v) is 1.41. The van der Waals surface area contributed by atoms with Gasteiger partial charge in [-0.25, -0.2) is 0 Å². The zero-order chi connectivity index (χ0) is 11.7. The largest absolute Gasteiger partial charge is 0.745 e. The van der Waals surface area contributed by atoms with Gasteiger partial charge in [-0.05, 0) is 18.4 Å². The van der Waals surface area contributed by atoms with Crippen molar-refractivity contribution in [3.05, 3.63) is 24.5 Å². The first-order valence-electron chi connectivity index (χ1n) is 3.50. The molecule has 1 rings (SSSR count). The van der Waals surface area contributed by atoms with Gasteiger partial charge in [0.2, 0.25) is 0 Å². The fourth-order valence-electron chi connectivity index (χ4n) is 0.534. The van der Waals surface area contributed by atoms with Gasteiger partial charge in [0.1, 0.15) is 0 Å². The predicted molar refractivity (Wildman–Crippen MR) is 56.8 cm³/mol. The normalized spacial score (nSPS) is 11.1. The van der Waals surface area contributed by atoms with Crippen molar-refractivity contribution in [1.29, 1.82) is 0 Å². The Balaban J connectivity index is 0.000000265. The summed E-state index contributed by atoms with van der Waals surface area (Å²) in [6.07, 6.45) is 5.65. The highest BCUT2D eigenvalue weighted by molar-refractivity contribution is 7.98. The first-order valence-corrected chi connectivity index (χ1v) is 6.99. The van der Waals surface area contributed by atoms with Crippen LogP contribution in [0.25, 0.3) is 0 Å². The van der Waals surface area contributed by atoms with Crippen molar-refractivity contribution in [2.75, 3.05) is 6.26 Å². The lowest BCUT2D eigenvalue weighted by atomic mass is 10.5. The van der Waals surface area contributed by atoms with E-state index >= 15 is 0 Å². The Bertz CT molecular complexity index is 311. The topological polar surface area (TPSA) is 96.7 Å². The summed E-state index contributed by atoms with van der Waals surface area (Å²) >= 11 is 1.73. The van der Waals surface area contributed by atoms with E-state index in [1.807, 2.05) is 12.1 Å². The molecule has 1 aromatic rings. The Labute approximate surface area is 92.6 Å². The van der Waals surface area contributed by atoms with Gasteiger partial charge in [0.15, 0.2) is 4.31 Å². The lowest BCUT2D eigenvalue weighted by Gasteiger charge is -1.88. The Morgan fingerprint density at radius 1 is 1.27 bits per heavy atom. The summed E-state index contributed by atoms with van der Waals surface area (Å²) in [5.41, 5.74) is 0. The molecule has 0 fully saturated rings. The molecule has 0 radical (unpaired) electrons. The molecule has 1 aromatic heterocycles.